The number of anilines is 1. The predicted molar refractivity (Wildman–Crippen MR) is 115 cm³/mol. The Bertz CT molecular complexity index is 850. The third kappa shape index (κ3) is 6.62. The molecular formula is C23H28N2O5. The zero-order valence-electron chi connectivity index (χ0n) is 17.7. The summed E-state index contributed by atoms with van der Waals surface area (Å²) in [5.41, 5.74) is 1.01. The highest BCUT2D eigenvalue weighted by molar-refractivity contribution is 6.00. The van der Waals surface area contributed by atoms with E-state index in [1.165, 1.54) is 6.92 Å². The molecule has 0 fully saturated rings. The van der Waals surface area contributed by atoms with Gasteiger partial charge in [0, 0.05) is 11.3 Å². The lowest BCUT2D eigenvalue weighted by Crippen LogP contribution is -2.48. The van der Waals surface area contributed by atoms with Gasteiger partial charge in [-0.25, -0.2) is 9.59 Å². The molecule has 0 heterocycles. The summed E-state index contributed by atoms with van der Waals surface area (Å²) in [7, 11) is 0. The van der Waals surface area contributed by atoms with Gasteiger partial charge >= 0.3 is 12.0 Å². The third-order valence-corrected chi connectivity index (χ3v) is 4.35. The summed E-state index contributed by atoms with van der Waals surface area (Å²) in [4.78, 5) is 37.5. The van der Waals surface area contributed by atoms with E-state index in [-0.39, 0.29) is 11.7 Å². The molecule has 0 saturated heterocycles. The van der Waals surface area contributed by atoms with Gasteiger partial charge in [0.25, 0.3) is 0 Å². The number of para-hydroxylation sites is 1. The predicted octanol–water partition coefficient (Wildman–Crippen LogP) is 4.05. The molecule has 0 bridgehead atoms. The molecule has 0 unspecified atom stereocenters. The molecule has 2 N–H and O–H groups in total. The Balaban J connectivity index is 1.97. The quantitative estimate of drug-likeness (QED) is 0.479. The van der Waals surface area contributed by atoms with E-state index in [1.807, 2.05) is 13.0 Å². The highest BCUT2D eigenvalue weighted by atomic mass is 16.5. The van der Waals surface area contributed by atoms with Crippen molar-refractivity contribution in [1.82, 2.24) is 5.32 Å². The van der Waals surface area contributed by atoms with Gasteiger partial charge in [-0.1, -0.05) is 32.0 Å². The molecule has 2 aromatic carbocycles. The van der Waals surface area contributed by atoms with Gasteiger partial charge in [-0.15, -0.1) is 0 Å². The van der Waals surface area contributed by atoms with Crippen LogP contribution in [0.25, 0.3) is 0 Å². The smallest absolute Gasteiger partial charge is 0.329 e. The zero-order valence-corrected chi connectivity index (χ0v) is 17.7. The molecule has 0 aromatic heterocycles. The van der Waals surface area contributed by atoms with Crippen molar-refractivity contribution in [1.29, 1.82) is 0 Å². The first-order chi connectivity index (χ1) is 14.3. The van der Waals surface area contributed by atoms with Crippen LogP contribution in [0.15, 0.2) is 54.6 Å². The second-order valence-corrected chi connectivity index (χ2v) is 7.09. The van der Waals surface area contributed by atoms with Crippen molar-refractivity contribution in [3.63, 3.8) is 0 Å². The van der Waals surface area contributed by atoms with Crippen LogP contribution >= 0.6 is 0 Å². The van der Waals surface area contributed by atoms with E-state index in [0.29, 0.717) is 23.6 Å². The summed E-state index contributed by atoms with van der Waals surface area (Å²) in [6, 6.07) is 14.1. The first kappa shape index (κ1) is 22.9. The van der Waals surface area contributed by atoms with Crippen molar-refractivity contribution in [2.45, 2.75) is 39.8 Å². The lowest BCUT2D eigenvalue weighted by molar-refractivity contribution is -0.149. The van der Waals surface area contributed by atoms with Crippen LogP contribution in [0.5, 0.6) is 5.75 Å². The Morgan fingerprint density at radius 2 is 1.57 bits per heavy atom. The summed E-state index contributed by atoms with van der Waals surface area (Å²) >= 11 is 0. The minimum absolute atomic E-state index is 0.230. The van der Waals surface area contributed by atoms with Crippen molar-refractivity contribution < 1.29 is 23.9 Å². The molecule has 0 saturated carbocycles. The normalized spacial score (nSPS) is 12.6. The standard InChI is InChI=1S/C23H28N2O5/c1-5-29-19-13-11-17(12-14-19)21(26)16(4)30-22(27)20(15(2)3)25-23(28)24-18-9-7-6-8-10-18/h6-16,20H,5H2,1-4H3,(H2,24,25,28)/t16-,20-/m1/s1. The van der Waals surface area contributed by atoms with Gasteiger partial charge in [0.1, 0.15) is 11.8 Å². The van der Waals surface area contributed by atoms with E-state index >= 15 is 0 Å². The summed E-state index contributed by atoms with van der Waals surface area (Å²) in [6.45, 7) is 7.49. The molecule has 0 spiro atoms. The Hall–Kier alpha value is -3.35. The highest BCUT2D eigenvalue weighted by Crippen LogP contribution is 2.15. The van der Waals surface area contributed by atoms with Crippen molar-refractivity contribution >= 4 is 23.5 Å². The maximum atomic E-state index is 12.6. The minimum Gasteiger partial charge on any atom is -0.494 e. The van der Waals surface area contributed by atoms with Crippen LogP contribution in [0.1, 0.15) is 38.1 Å². The number of carbonyl (C=O) groups is 3. The number of ketones is 1. The summed E-state index contributed by atoms with van der Waals surface area (Å²) in [5.74, 6) is -0.568. The van der Waals surface area contributed by atoms with Gasteiger partial charge in [-0.3, -0.25) is 4.79 Å². The van der Waals surface area contributed by atoms with E-state index < -0.39 is 24.1 Å². The van der Waals surface area contributed by atoms with E-state index in [0.717, 1.165) is 0 Å². The van der Waals surface area contributed by atoms with Gasteiger partial charge < -0.3 is 20.1 Å². The van der Waals surface area contributed by atoms with E-state index in [1.54, 1.807) is 62.4 Å². The van der Waals surface area contributed by atoms with Crippen LogP contribution in [0.4, 0.5) is 10.5 Å². The number of hydrogen-bond acceptors (Lipinski definition) is 5. The van der Waals surface area contributed by atoms with Crippen LogP contribution in [0, 0.1) is 5.92 Å². The van der Waals surface area contributed by atoms with Gasteiger partial charge in [0.05, 0.1) is 6.61 Å². The number of rotatable bonds is 9. The van der Waals surface area contributed by atoms with E-state index in [2.05, 4.69) is 10.6 Å². The molecule has 2 aromatic rings. The number of Topliss-reactive ketones (excluding diaryl/α,β-unsaturated/α-hetero) is 1. The van der Waals surface area contributed by atoms with Gasteiger partial charge in [-0.2, -0.15) is 0 Å². The Morgan fingerprint density at radius 1 is 0.933 bits per heavy atom. The molecule has 0 radical (unpaired) electrons. The molecule has 30 heavy (non-hydrogen) atoms. The van der Waals surface area contributed by atoms with Crippen LogP contribution in [0.3, 0.4) is 0 Å². The third-order valence-electron chi connectivity index (χ3n) is 4.35. The second-order valence-electron chi connectivity index (χ2n) is 7.09. The number of nitrogens with one attached hydrogen (secondary N) is 2. The average molecular weight is 412 g/mol. The fourth-order valence-electron chi connectivity index (χ4n) is 2.75. The van der Waals surface area contributed by atoms with Crippen molar-refractivity contribution in [3.05, 3.63) is 60.2 Å². The number of urea groups is 1. The fourth-order valence-corrected chi connectivity index (χ4v) is 2.75. The van der Waals surface area contributed by atoms with Crippen molar-refractivity contribution in [2.24, 2.45) is 5.92 Å². The number of hydrogen-bond donors (Lipinski definition) is 2. The van der Waals surface area contributed by atoms with E-state index in [4.69, 9.17) is 9.47 Å². The van der Waals surface area contributed by atoms with Gasteiger partial charge in [0.2, 0.25) is 5.78 Å². The first-order valence-electron chi connectivity index (χ1n) is 9.92. The minimum atomic E-state index is -0.990. The summed E-state index contributed by atoms with van der Waals surface area (Å²) in [6.07, 6.45) is -0.990. The summed E-state index contributed by atoms with van der Waals surface area (Å²) in [5, 5.41) is 5.28. The fraction of sp³-hybridized carbons (Fsp3) is 0.348. The Labute approximate surface area is 176 Å². The largest absolute Gasteiger partial charge is 0.494 e. The monoisotopic (exact) mass is 412 g/mol. The molecule has 7 heteroatoms. The molecule has 0 aliphatic rings. The average Bonchev–Trinajstić information content (AvgIpc) is 2.72. The Morgan fingerprint density at radius 3 is 2.13 bits per heavy atom. The van der Waals surface area contributed by atoms with E-state index in [9.17, 15) is 14.4 Å². The Kier molecular flexibility index (Phi) is 8.41. The van der Waals surface area contributed by atoms with Crippen LogP contribution in [-0.4, -0.2) is 36.5 Å². The molecule has 0 aliphatic carbocycles. The van der Waals surface area contributed by atoms with Crippen molar-refractivity contribution in [3.8, 4) is 5.75 Å². The topological polar surface area (TPSA) is 93.7 Å². The van der Waals surface area contributed by atoms with Crippen molar-refractivity contribution in [2.75, 3.05) is 11.9 Å². The number of benzene rings is 2. The number of amides is 2. The zero-order chi connectivity index (χ0) is 22.1. The second kappa shape index (κ2) is 11.0. The SMILES string of the molecule is CCOc1ccc(C(=O)[C@@H](C)OC(=O)[C@H](NC(=O)Nc2ccccc2)C(C)C)cc1. The van der Waals surface area contributed by atoms with Crippen LogP contribution < -0.4 is 15.4 Å². The highest BCUT2D eigenvalue weighted by Gasteiger charge is 2.29. The molecular weight excluding hydrogens is 384 g/mol. The lowest BCUT2D eigenvalue weighted by atomic mass is 10.0. The van der Waals surface area contributed by atoms with Gasteiger partial charge in [-0.05, 0) is 56.2 Å². The molecule has 0 aliphatic heterocycles. The number of ether oxygens (including phenoxy) is 2. The number of esters is 1. The molecule has 2 atom stereocenters. The first-order valence-corrected chi connectivity index (χ1v) is 9.92. The number of carbonyl (C=O) groups excluding carboxylic acids is 3. The summed E-state index contributed by atoms with van der Waals surface area (Å²) < 4.78 is 10.7. The maximum Gasteiger partial charge on any atom is 0.329 e. The van der Waals surface area contributed by atoms with Crippen LogP contribution in [0.2, 0.25) is 0 Å². The van der Waals surface area contributed by atoms with Crippen LogP contribution in [-0.2, 0) is 9.53 Å². The molecule has 2 rings (SSSR count). The lowest BCUT2D eigenvalue weighted by Gasteiger charge is -2.23. The molecule has 2 amide bonds. The molecule has 160 valence electrons. The molecule has 7 nitrogen and oxygen atoms in total. The maximum absolute atomic E-state index is 12.6. The van der Waals surface area contributed by atoms with Gasteiger partial charge in [0.15, 0.2) is 6.10 Å².